The molecule has 0 bridgehead atoms. The number of carbonyl (C=O) groups is 1. The number of aryl methyl sites for hydroxylation is 2. The van der Waals surface area contributed by atoms with Gasteiger partial charge in [-0.1, -0.05) is 35.9 Å². The molecule has 0 N–H and O–H groups in total. The lowest BCUT2D eigenvalue weighted by molar-refractivity contribution is 0.105. The van der Waals surface area contributed by atoms with E-state index in [0.29, 0.717) is 4.88 Å². The molecule has 0 spiro atoms. The Balaban J connectivity index is 2.14. The summed E-state index contributed by atoms with van der Waals surface area (Å²) >= 11 is 1.38. The average Bonchev–Trinajstić information content (AvgIpc) is 2.74. The summed E-state index contributed by atoms with van der Waals surface area (Å²) < 4.78 is 0. The maximum atomic E-state index is 11.9. The van der Waals surface area contributed by atoms with Gasteiger partial charge in [0.1, 0.15) is 0 Å². The summed E-state index contributed by atoms with van der Waals surface area (Å²) in [6, 6.07) is 8.06. The van der Waals surface area contributed by atoms with Crippen LogP contribution in [-0.2, 0) is 0 Å². The Morgan fingerprint density at radius 1 is 1.24 bits per heavy atom. The molecule has 2 aromatic rings. The molecule has 1 aromatic heterocycles. The number of hydrogen-bond donors (Lipinski definition) is 0. The lowest BCUT2D eigenvalue weighted by Gasteiger charge is -1.95. The first kappa shape index (κ1) is 11.7. The van der Waals surface area contributed by atoms with Crippen molar-refractivity contribution >= 4 is 23.2 Å². The van der Waals surface area contributed by atoms with E-state index >= 15 is 0 Å². The molecule has 0 aliphatic heterocycles. The van der Waals surface area contributed by atoms with Crippen molar-refractivity contribution in [1.82, 2.24) is 4.98 Å². The van der Waals surface area contributed by atoms with Crippen molar-refractivity contribution < 1.29 is 4.79 Å². The fraction of sp³-hybridized carbons (Fsp3) is 0.143. The molecule has 0 fully saturated rings. The molecule has 2 nitrogen and oxygen atoms in total. The van der Waals surface area contributed by atoms with E-state index in [2.05, 4.69) is 4.98 Å². The Morgan fingerprint density at radius 2 is 1.94 bits per heavy atom. The van der Waals surface area contributed by atoms with E-state index in [-0.39, 0.29) is 5.78 Å². The third-order valence-electron chi connectivity index (χ3n) is 2.47. The highest BCUT2D eigenvalue weighted by molar-refractivity contribution is 7.12. The third kappa shape index (κ3) is 2.88. The molecule has 0 saturated heterocycles. The molecule has 0 aliphatic rings. The molecule has 0 atom stereocenters. The molecule has 0 amide bonds. The van der Waals surface area contributed by atoms with E-state index in [1.165, 1.54) is 16.9 Å². The molecule has 86 valence electrons. The van der Waals surface area contributed by atoms with Crippen LogP contribution in [0.15, 0.2) is 35.9 Å². The van der Waals surface area contributed by atoms with E-state index < -0.39 is 0 Å². The van der Waals surface area contributed by atoms with Crippen molar-refractivity contribution in [2.24, 2.45) is 0 Å². The molecular formula is C14H13NOS. The van der Waals surface area contributed by atoms with Crippen LogP contribution >= 0.6 is 11.3 Å². The number of allylic oxidation sites excluding steroid dienone is 1. The van der Waals surface area contributed by atoms with Gasteiger partial charge in [-0.15, -0.1) is 11.3 Å². The van der Waals surface area contributed by atoms with Gasteiger partial charge in [0.2, 0.25) is 0 Å². The maximum Gasteiger partial charge on any atom is 0.197 e. The number of hydrogen-bond acceptors (Lipinski definition) is 3. The van der Waals surface area contributed by atoms with Crippen molar-refractivity contribution in [3.05, 3.63) is 57.6 Å². The van der Waals surface area contributed by atoms with Gasteiger partial charge in [-0.05, 0) is 25.5 Å². The first-order valence-corrected chi connectivity index (χ1v) is 6.24. The van der Waals surface area contributed by atoms with Crippen LogP contribution in [0.3, 0.4) is 0 Å². The minimum atomic E-state index is 0.0191. The van der Waals surface area contributed by atoms with Crippen molar-refractivity contribution in [3.63, 3.8) is 0 Å². The molecule has 0 saturated carbocycles. The smallest absolute Gasteiger partial charge is 0.197 e. The zero-order chi connectivity index (χ0) is 12.3. The quantitative estimate of drug-likeness (QED) is 0.608. The molecule has 1 aromatic carbocycles. The lowest BCUT2D eigenvalue weighted by Crippen LogP contribution is -1.93. The number of rotatable bonds is 3. The van der Waals surface area contributed by atoms with Gasteiger partial charge in [0, 0.05) is 0 Å². The monoisotopic (exact) mass is 243 g/mol. The van der Waals surface area contributed by atoms with Gasteiger partial charge in [0.15, 0.2) is 5.78 Å². The Bertz CT molecular complexity index is 552. The zero-order valence-corrected chi connectivity index (χ0v) is 10.6. The van der Waals surface area contributed by atoms with Gasteiger partial charge in [-0.25, -0.2) is 4.98 Å². The molecule has 17 heavy (non-hydrogen) atoms. The Morgan fingerprint density at radius 3 is 2.53 bits per heavy atom. The van der Waals surface area contributed by atoms with Crippen molar-refractivity contribution in [1.29, 1.82) is 0 Å². The molecule has 3 heteroatoms. The SMILES string of the molecule is Cc1ccc(/C=C/C(=O)c2scnc2C)cc1. The summed E-state index contributed by atoms with van der Waals surface area (Å²) in [5, 5.41) is 0. The van der Waals surface area contributed by atoms with Crippen LogP contribution in [0, 0.1) is 13.8 Å². The largest absolute Gasteiger partial charge is 0.288 e. The lowest BCUT2D eigenvalue weighted by atomic mass is 10.1. The predicted octanol–water partition coefficient (Wildman–Crippen LogP) is 3.66. The van der Waals surface area contributed by atoms with E-state index in [1.807, 2.05) is 44.2 Å². The van der Waals surface area contributed by atoms with Crippen LogP contribution in [0.4, 0.5) is 0 Å². The highest BCUT2D eigenvalue weighted by atomic mass is 32.1. The first-order chi connectivity index (χ1) is 8.16. The van der Waals surface area contributed by atoms with E-state index in [0.717, 1.165) is 11.3 Å². The van der Waals surface area contributed by atoms with Crippen LogP contribution in [0.2, 0.25) is 0 Å². The molecular weight excluding hydrogens is 230 g/mol. The molecule has 0 unspecified atom stereocenters. The normalized spacial score (nSPS) is 10.9. The Kier molecular flexibility index (Phi) is 3.49. The number of ketones is 1. The third-order valence-corrected chi connectivity index (χ3v) is 3.42. The van der Waals surface area contributed by atoms with Gasteiger partial charge < -0.3 is 0 Å². The second-order valence-electron chi connectivity index (χ2n) is 3.88. The summed E-state index contributed by atoms with van der Waals surface area (Å²) in [6.45, 7) is 3.89. The van der Waals surface area contributed by atoms with Crippen molar-refractivity contribution in [2.75, 3.05) is 0 Å². The summed E-state index contributed by atoms with van der Waals surface area (Å²) in [6.07, 6.45) is 3.44. The van der Waals surface area contributed by atoms with Crippen molar-refractivity contribution in [2.45, 2.75) is 13.8 Å². The van der Waals surface area contributed by atoms with Gasteiger partial charge in [0.05, 0.1) is 16.1 Å². The topological polar surface area (TPSA) is 30.0 Å². The number of benzene rings is 1. The van der Waals surface area contributed by atoms with Crippen LogP contribution in [0.25, 0.3) is 6.08 Å². The molecule has 2 rings (SSSR count). The van der Waals surface area contributed by atoms with E-state index in [9.17, 15) is 4.79 Å². The number of thiazole rings is 1. The number of aromatic nitrogens is 1. The highest BCUT2D eigenvalue weighted by Gasteiger charge is 2.07. The van der Waals surface area contributed by atoms with Crippen molar-refractivity contribution in [3.8, 4) is 0 Å². The second-order valence-corrected chi connectivity index (χ2v) is 4.73. The van der Waals surface area contributed by atoms with E-state index in [4.69, 9.17) is 0 Å². The van der Waals surface area contributed by atoms with E-state index in [1.54, 1.807) is 11.6 Å². The highest BCUT2D eigenvalue weighted by Crippen LogP contribution is 2.14. The van der Waals surface area contributed by atoms with Gasteiger partial charge in [-0.3, -0.25) is 4.79 Å². The minimum absolute atomic E-state index is 0.0191. The van der Waals surface area contributed by atoms with Crippen LogP contribution in [0.1, 0.15) is 26.5 Å². The summed E-state index contributed by atoms with van der Waals surface area (Å²) in [5.41, 5.74) is 4.74. The Labute approximate surface area is 105 Å². The number of nitrogens with zero attached hydrogens (tertiary/aromatic N) is 1. The van der Waals surface area contributed by atoms with Crippen LogP contribution in [0.5, 0.6) is 0 Å². The van der Waals surface area contributed by atoms with Crippen LogP contribution in [-0.4, -0.2) is 10.8 Å². The summed E-state index contributed by atoms with van der Waals surface area (Å²) in [4.78, 5) is 16.6. The Hall–Kier alpha value is -1.74. The number of carbonyl (C=O) groups excluding carboxylic acids is 1. The summed E-state index contributed by atoms with van der Waals surface area (Å²) in [5.74, 6) is 0.0191. The minimum Gasteiger partial charge on any atom is -0.288 e. The fourth-order valence-corrected chi connectivity index (χ4v) is 2.19. The zero-order valence-electron chi connectivity index (χ0n) is 9.81. The first-order valence-electron chi connectivity index (χ1n) is 5.36. The maximum absolute atomic E-state index is 11.9. The fourth-order valence-electron chi connectivity index (χ4n) is 1.46. The van der Waals surface area contributed by atoms with Crippen LogP contribution < -0.4 is 0 Å². The van der Waals surface area contributed by atoms with Gasteiger partial charge >= 0.3 is 0 Å². The second kappa shape index (κ2) is 5.06. The summed E-state index contributed by atoms with van der Waals surface area (Å²) in [7, 11) is 0. The standard InChI is InChI=1S/C14H13NOS/c1-10-3-5-12(6-4-10)7-8-13(16)14-11(2)15-9-17-14/h3-9H,1-2H3/b8-7+. The average molecular weight is 243 g/mol. The molecule has 1 heterocycles. The molecule has 0 aliphatic carbocycles. The molecule has 0 radical (unpaired) electrons. The van der Waals surface area contributed by atoms with Gasteiger partial charge in [0.25, 0.3) is 0 Å². The predicted molar refractivity (Wildman–Crippen MR) is 71.4 cm³/mol. The van der Waals surface area contributed by atoms with Gasteiger partial charge in [-0.2, -0.15) is 0 Å².